The Morgan fingerprint density at radius 2 is 2.13 bits per heavy atom. The fourth-order valence-corrected chi connectivity index (χ4v) is 2.49. The van der Waals surface area contributed by atoms with Crippen molar-refractivity contribution >= 4 is 10.9 Å². The molecule has 0 saturated carbocycles. The molecule has 1 N–H and O–H groups in total. The first kappa shape index (κ1) is 8.98. The van der Waals surface area contributed by atoms with E-state index in [2.05, 4.69) is 46.4 Å². The van der Waals surface area contributed by atoms with E-state index < -0.39 is 0 Å². The van der Waals surface area contributed by atoms with Gasteiger partial charge >= 0.3 is 0 Å². The highest BCUT2D eigenvalue weighted by atomic mass is 15.1. The van der Waals surface area contributed by atoms with Crippen LogP contribution in [0.1, 0.15) is 18.9 Å². The van der Waals surface area contributed by atoms with Crippen LogP contribution in [-0.4, -0.2) is 17.7 Å². The Balaban J connectivity index is 2.02. The number of fused-ring (bicyclic) bond motifs is 1. The molecule has 1 atom stereocenters. The zero-order valence-electron chi connectivity index (χ0n) is 8.82. The standard InChI is InChI=1S/C13H16N2/c1-2-6-13-11(4-1)7-9-15(13)12-5-3-8-14-10-12/h1-2,4,6-7,9,12,14H,3,5,8,10H2/t12-/m0/s1. The quantitative estimate of drug-likeness (QED) is 0.748. The number of nitrogens with zero attached hydrogens (tertiary/aromatic N) is 1. The summed E-state index contributed by atoms with van der Waals surface area (Å²) in [5, 5.41) is 4.82. The van der Waals surface area contributed by atoms with Crippen LogP contribution in [0.15, 0.2) is 36.5 Å². The Labute approximate surface area is 89.9 Å². The number of benzene rings is 1. The molecule has 15 heavy (non-hydrogen) atoms. The first-order valence-electron chi connectivity index (χ1n) is 5.71. The van der Waals surface area contributed by atoms with Crippen molar-refractivity contribution in [1.82, 2.24) is 9.88 Å². The SMILES string of the molecule is c1ccc2c(c1)ccn2[C@H]1CCCNC1. The number of aromatic nitrogens is 1. The van der Waals surface area contributed by atoms with E-state index in [4.69, 9.17) is 0 Å². The summed E-state index contributed by atoms with van der Waals surface area (Å²) in [6.45, 7) is 2.29. The Bertz CT molecular complexity index is 452. The minimum absolute atomic E-state index is 0.638. The zero-order chi connectivity index (χ0) is 10.1. The second kappa shape index (κ2) is 3.70. The second-order valence-corrected chi connectivity index (χ2v) is 4.28. The molecule has 3 rings (SSSR count). The largest absolute Gasteiger partial charge is 0.343 e. The Hall–Kier alpha value is -1.28. The van der Waals surface area contributed by atoms with Gasteiger partial charge in [0.15, 0.2) is 0 Å². The maximum Gasteiger partial charge on any atom is 0.0483 e. The van der Waals surface area contributed by atoms with Gasteiger partial charge in [0.25, 0.3) is 0 Å². The summed E-state index contributed by atoms with van der Waals surface area (Å²) in [6.07, 6.45) is 4.81. The molecule has 78 valence electrons. The van der Waals surface area contributed by atoms with E-state index in [1.807, 2.05) is 0 Å². The third kappa shape index (κ3) is 1.55. The monoisotopic (exact) mass is 200 g/mol. The molecule has 0 radical (unpaired) electrons. The van der Waals surface area contributed by atoms with Crippen molar-refractivity contribution in [3.63, 3.8) is 0 Å². The van der Waals surface area contributed by atoms with Gasteiger partial charge in [-0.1, -0.05) is 18.2 Å². The predicted molar refractivity (Wildman–Crippen MR) is 63.1 cm³/mol. The third-order valence-electron chi connectivity index (χ3n) is 3.29. The molecule has 1 fully saturated rings. The van der Waals surface area contributed by atoms with Crippen molar-refractivity contribution in [3.05, 3.63) is 36.5 Å². The molecule has 1 aromatic heterocycles. The van der Waals surface area contributed by atoms with E-state index in [9.17, 15) is 0 Å². The number of rotatable bonds is 1. The average Bonchev–Trinajstić information content (AvgIpc) is 2.74. The molecular weight excluding hydrogens is 184 g/mol. The second-order valence-electron chi connectivity index (χ2n) is 4.28. The van der Waals surface area contributed by atoms with Crippen LogP contribution in [0.25, 0.3) is 10.9 Å². The first-order chi connectivity index (χ1) is 7.45. The lowest BCUT2D eigenvalue weighted by molar-refractivity contribution is 0.379. The average molecular weight is 200 g/mol. The van der Waals surface area contributed by atoms with Crippen molar-refractivity contribution in [2.45, 2.75) is 18.9 Å². The summed E-state index contributed by atoms with van der Waals surface area (Å²) in [5.74, 6) is 0. The molecule has 1 saturated heterocycles. The summed E-state index contributed by atoms with van der Waals surface area (Å²) in [7, 11) is 0. The smallest absolute Gasteiger partial charge is 0.0483 e. The molecule has 0 aliphatic carbocycles. The van der Waals surface area contributed by atoms with Crippen molar-refractivity contribution in [3.8, 4) is 0 Å². The normalized spacial score (nSPS) is 22.0. The van der Waals surface area contributed by atoms with Crippen LogP contribution >= 0.6 is 0 Å². The summed E-state index contributed by atoms with van der Waals surface area (Å²) >= 11 is 0. The number of piperidine rings is 1. The van der Waals surface area contributed by atoms with Gasteiger partial charge in [-0.05, 0) is 36.9 Å². The van der Waals surface area contributed by atoms with Crippen LogP contribution in [0.3, 0.4) is 0 Å². The molecule has 0 unspecified atom stereocenters. The molecule has 0 amide bonds. The molecule has 1 aliphatic heterocycles. The van der Waals surface area contributed by atoms with Gasteiger partial charge in [-0.2, -0.15) is 0 Å². The summed E-state index contributed by atoms with van der Waals surface area (Å²) in [5.41, 5.74) is 1.37. The summed E-state index contributed by atoms with van der Waals surface area (Å²) < 4.78 is 2.42. The van der Waals surface area contributed by atoms with Gasteiger partial charge in [0.1, 0.15) is 0 Å². The van der Waals surface area contributed by atoms with Crippen LogP contribution in [0.2, 0.25) is 0 Å². The Morgan fingerprint density at radius 3 is 3.00 bits per heavy atom. The van der Waals surface area contributed by atoms with Crippen LogP contribution < -0.4 is 5.32 Å². The minimum Gasteiger partial charge on any atom is -0.343 e. The van der Waals surface area contributed by atoms with E-state index in [-0.39, 0.29) is 0 Å². The lowest BCUT2D eigenvalue weighted by atomic mass is 10.1. The fourth-order valence-electron chi connectivity index (χ4n) is 2.49. The van der Waals surface area contributed by atoms with Crippen LogP contribution in [0, 0.1) is 0 Å². The highest BCUT2D eigenvalue weighted by Crippen LogP contribution is 2.23. The van der Waals surface area contributed by atoms with Gasteiger partial charge in [0.05, 0.1) is 0 Å². The molecule has 1 aliphatic rings. The Kier molecular flexibility index (Phi) is 2.22. The maximum atomic E-state index is 3.47. The van der Waals surface area contributed by atoms with Gasteiger partial charge in [-0.25, -0.2) is 0 Å². The van der Waals surface area contributed by atoms with Gasteiger partial charge in [0.2, 0.25) is 0 Å². The van der Waals surface area contributed by atoms with Crippen molar-refractivity contribution in [1.29, 1.82) is 0 Å². The molecular formula is C13H16N2. The molecule has 2 heteroatoms. The van der Waals surface area contributed by atoms with Crippen molar-refractivity contribution in [2.24, 2.45) is 0 Å². The Morgan fingerprint density at radius 1 is 1.20 bits per heavy atom. The first-order valence-corrected chi connectivity index (χ1v) is 5.71. The van der Waals surface area contributed by atoms with Crippen LogP contribution in [0.4, 0.5) is 0 Å². The maximum absolute atomic E-state index is 3.47. The number of hydrogen-bond acceptors (Lipinski definition) is 1. The summed E-state index contributed by atoms with van der Waals surface area (Å²) in [4.78, 5) is 0. The number of para-hydroxylation sites is 1. The molecule has 0 spiro atoms. The van der Waals surface area contributed by atoms with E-state index in [0.717, 1.165) is 6.54 Å². The third-order valence-corrected chi connectivity index (χ3v) is 3.29. The molecule has 1 aromatic carbocycles. The molecule has 2 aromatic rings. The molecule has 2 nitrogen and oxygen atoms in total. The lowest BCUT2D eigenvalue weighted by Gasteiger charge is -2.25. The molecule has 0 bridgehead atoms. The highest BCUT2D eigenvalue weighted by molar-refractivity contribution is 5.80. The number of hydrogen-bond donors (Lipinski definition) is 1. The van der Waals surface area contributed by atoms with Crippen LogP contribution in [-0.2, 0) is 0 Å². The summed E-state index contributed by atoms with van der Waals surface area (Å²) in [6, 6.07) is 11.5. The van der Waals surface area contributed by atoms with E-state index >= 15 is 0 Å². The lowest BCUT2D eigenvalue weighted by Crippen LogP contribution is -2.31. The van der Waals surface area contributed by atoms with Crippen LogP contribution in [0.5, 0.6) is 0 Å². The molecule has 2 heterocycles. The van der Waals surface area contributed by atoms with Crippen molar-refractivity contribution < 1.29 is 0 Å². The predicted octanol–water partition coefficient (Wildman–Crippen LogP) is 2.57. The van der Waals surface area contributed by atoms with Gasteiger partial charge in [-0.15, -0.1) is 0 Å². The topological polar surface area (TPSA) is 17.0 Å². The number of nitrogens with one attached hydrogen (secondary N) is 1. The van der Waals surface area contributed by atoms with E-state index in [1.165, 1.54) is 30.3 Å². The van der Waals surface area contributed by atoms with Gasteiger partial charge < -0.3 is 9.88 Å². The van der Waals surface area contributed by atoms with E-state index in [1.54, 1.807) is 0 Å². The van der Waals surface area contributed by atoms with Gasteiger partial charge in [-0.3, -0.25) is 0 Å². The fraction of sp³-hybridized carbons (Fsp3) is 0.385. The van der Waals surface area contributed by atoms with Crippen molar-refractivity contribution in [2.75, 3.05) is 13.1 Å². The van der Waals surface area contributed by atoms with Gasteiger partial charge in [0, 0.05) is 24.3 Å². The van der Waals surface area contributed by atoms with E-state index in [0.29, 0.717) is 6.04 Å². The minimum atomic E-state index is 0.638. The zero-order valence-corrected chi connectivity index (χ0v) is 8.82. The highest BCUT2D eigenvalue weighted by Gasteiger charge is 2.15.